The van der Waals surface area contributed by atoms with Crippen LogP contribution in [0.5, 0.6) is 5.75 Å². The van der Waals surface area contributed by atoms with Crippen molar-refractivity contribution in [2.75, 3.05) is 11.5 Å². The Hall–Kier alpha value is -3.36. The van der Waals surface area contributed by atoms with E-state index in [0.29, 0.717) is 5.69 Å². The van der Waals surface area contributed by atoms with Gasteiger partial charge in [0.1, 0.15) is 5.57 Å². The van der Waals surface area contributed by atoms with Crippen molar-refractivity contribution in [2.45, 2.75) is 13.8 Å². The molecule has 160 valence electrons. The van der Waals surface area contributed by atoms with Crippen LogP contribution in [-0.2, 0) is 14.4 Å². The molecule has 31 heavy (non-hydrogen) atoms. The molecule has 10 heteroatoms. The summed E-state index contributed by atoms with van der Waals surface area (Å²) in [5.41, 5.74) is 1.99. The number of aryl methyl sites for hydroxylation is 2. The third kappa shape index (κ3) is 4.87. The predicted molar refractivity (Wildman–Crippen MR) is 115 cm³/mol. The normalized spacial score (nSPS) is 15.3. The van der Waals surface area contributed by atoms with Crippen molar-refractivity contribution >= 4 is 58.8 Å². The maximum absolute atomic E-state index is 13.0. The van der Waals surface area contributed by atoms with Crippen LogP contribution in [-0.4, -0.2) is 35.5 Å². The monoisotopic (exact) mass is 462 g/mol. The van der Waals surface area contributed by atoms with Crippen LogP contribution in [0.1, 0.15) is 16.7 Å². The van der Waals surface area contributed by atoms with E-state index in [0.717, 1.165) is 16.0 Å². The summed E-state index contributed by atoms with van der Waals surface area (Å²) in [5, 5.41) is 10.9. The second kappa shape index (κ2) is 8.79. The minimum Gasteiger partial charge on any atom is -0.479 e. The Balaban J connectivity index is 1.99. The molecular formula is C21H16Cl2N2O6. The van der Waals surface area contributed by atoms with E-state index in [1.807, 2.05) is 19.9 Å². The molecule has 0 radical (unpaired) electrons. The number of amides is 4. The number of barbiturate groups is 1. The van der Waals surface area contributed by atoms with Gasteiger partial charge in [0, 0.05) is 0 Å². The van der Waals surface area contributed by atoms with Crippen LogP contribution in [0.3, 0.4) is 0 Å². The number of benzene rings is 2. The summed E-state index contributed by atoms with van der Waals surface area (Å²) in [6, 6.07) is 7.05. The molecule has 1 aliphatic rings. The van der Waals surface area contributed by atoms with Gasteiger partial charge >= 0.3 is 12.0 Å². The predicted octanol–water partition coefficient (Wildman–Crippen LogP) is 3.74. The molecule has 0 aromatic heterocycles. The van der Waals surface area contributed by atoms with Crippen LogP contribution in [0.4, 0.5) is 10.5 Å². The molecule has 0 bridgehead atoms. The lowest BCUT2D eigenvalue weighted by molar-refractivity contribution is -0.139. The number of anilines is 1. The molecule has 1 saturated heterocycles. The fourth-order valence-electron chi connectivity index (χ4n) is 3.07. The van der Waals surface area contributed by atoms with Crippen molar-refractivity contribution in [1.29, 1.82) is 0 Å². The van der Waals surface area contributed by atoms with Crippen LogP contribution < -0.4 is 15.0 Å². The van der Waals surface area contributed by atoms with Crippen molar-refractivity contribution in [2.24, 2.45) is 0 Å². The lowest BCUT2D eigenvalue weighted by Crippen LogP contribution is -2.54. The quantitative estimate of drug-likeness (QED) is 0.516. The van der Waals surface area contributed by atoms with E-state index in [1.165, 1.54) is 18.2 Å². The van der Waals surface area contributed by atoms with Crippen molar-refractivity contribution in [3.63, 3.8) is 0 Å². The first-order valence-corrected chi connectivity index (χ1v) is 9.66. The van der Waals surface area contributed by atoms with Crippen LogP contribution in [0.15, 0.2) is 35.9 Å². The molecule has 0 atom stereocenters. The van der Waals surface area contributed by atoms with Gasteiger partial charge in [-0.05, 0) is 60.9 Å². The summed E-state index contributed by atoms with van der Waals surface area (Å²) in [5.74, 6) is -2.93. The second-order valence-electron chi connectivity index (χ2n) is 6.80. The number of hydrogen-bond acceptors (Lipinski definition) is 5. The number of carboxylic acid groups (broad SMARTS) is 1. The summed E-state index contributed by atoms with van der Waals surface area (Å²) in [6.45, 7) is 3.00. The fourth-order valence-corrected chi connectivity index (χ4v) is 3.69. The Morgan fingerprint density at radius 1 is 1.06 bits per heavy atom. The minimum atomic E-state index is -1.21. The number of carboxylic acids is 1. The fraction of sp³-hybridized carbons (Fsp3) is 0.143. The van der Waals surface area contributed by atoms with E-state index in [9.17, 15) is 19.2 Å². The van der Waals surface area contributed by atoms with E-state index < -0.39 is 30.4 Å². The lowest BCUT2D eigenvalue weighted by Gasteiger charge is -2.27. The SMILES string of the molecule is Cc1cc(C)cc(N2C(=O)NC(=O)C(=Cc3cc(Cl)c(OCC(=O)O)c(Cl)c3)C2=O)c1. The maximum atomic E-state index is 13.0. The maximum Gasteiger partial charge on any atom is 0.341 e. The molecule has 4 amide bonds. The summed E-state index contributed by atoms with van der Waals surface area (Å²) < 4.78 is 5.04. The largest absolute Gasteiger partial charge is 0.479 e. The van der Waals surface area contributed by atoms with Crippen LogP contribution in [0, 0.1) is 13.8 Å². The standard InChI is InChI=1S/C21H16Cl2N2O6/c1-10-3-11(2)5-13(4-10)25-20(29)14(19(28)24-21(25)30)6-12-7-15(22)18(16(23)8-12)31-9-17(26)27/h3-8H,9H2,1-2H3,(H,26,27)(H,24,28,30). The van der Waals surface area contributed by atoms with Gasteiger partial charge in [0.2, 0.25) is 0 Å². The van der Waals surface area contributed by atoms with E-state index >= 15 is 0 Å². The number of carbonyl (C=O) groups excluding carboxylic acids is 3. The van der Waals surface area contributed by atoms with Crippen LogP contribution in [0.25, 0.3) is 6.08 Å². The molecule has 0 saturated carbocycles. The number of nitrogens with zero attached hydrogens (tertiary/aromatic N) is 1. The number of hydrogen-bond donors (Lipinski definition) is 2. The third-order valence-electron chi connectivity index (χ3n) is 4.24. The van der Waals surface area contributed by atoms with E-state index in [1.54, 1.807) is 12.1 Å². The first-order chi connectivity index (χ1) is 14.6. The first-order valence-electron chi connectivity index (χ1n) is 8.90. The zero-order valence-electron chi connectivity index (χ0n) is 16.4. The smallest absolute Gasteiger partial charge is 0.341 e. The highest BCUT2D eigenvalue weighted by Gasteiger charge is 2.37. The molecule has 1 fully saturated rings. The second-order valence-corrected chi connectivity index (χ2v) is 7.61. The average Bonchev–Trinajstić information content (AvgIpc) is 2.63. The molecule has 8 nitrogen and oxygen atoms in total. The molecule has 2 N–H and O–H groups in total. The van der Waals surface area contributed by atoms with Crippen molar-refractivity contribution < 1.29 is 29.0 Å². The van der Waals surface area contributed by atoms with Gasteiger partial charge in [-0.25, -0.2) is 14.5 Å². The number of imide groups is 2. The van der Waals surface area contributed by atoms with Crippen LogP contribution in [0.2, 0.25) is 10.0 Å². The van der Waals surface area contributed by atoms with Gasteiger partial charge in [0.25, 0.3) is 11.8 Å². The summed E-state index contributed by atoms with van der Waals surface area (Å²) >= 11 is 12.2. The third-order valence-corrected chi connectivity index (χ3v) is 4.80. The lowest BCUT2D eigenvalue weighted by atomic mass is 10.1. The van der Waals surface area contributed by atoms with Gasteiger partial charge in [-0.1, -0.05) is 29.3 Å². The molecular weight excluding hydrogens is 447 g/mol. The number of halogens is 2. The molecule has 3 rings (SSSR count). The minimum absolute atomic E-state index is 0.00786. The summed E-state index contributed by atoms with van der Waals surface area (Å²) in [4.78, 5) is 49.3. The highest BCUT2D eigenvalue weighted by atomic mass is 35.5. The van der Waals surface area contributed by atoms with Crippen LogP contribution >= 0.6 is 23.2 Å². The van der Waals surface area contributed by atoms with Crippen molar-refractivity contribution in [1.82, 2.24) is 5.32 Å². The van der Waals surface area contributed by atoms with Gasteiger partial charge in [-0.2, -0.15) is 0 Å². The zero-order chi connectivity index (χ0) is 22.9. The number of nitrogens with one attached hydrogen (secondary N) is 1. The van der Waals surface area contributed by atoms with Gasteiger partial charge < -0.3 is 9.84 Å². The molecule has 2 aromatic rings. The van der Waals surface area contributed by atoms with E-state index in [4.69, 9.17) is 33.0 Å². The molecule has 1 aliphatic heterocycles. The Labute approximate surface area is 187 Å². The van der Waals surface area contributed by atoms with E-state index in [2.05, 4.69) is 5.32 Å². The zero-order valence-corrected chi connectivity index (χ0v) is 17.9. The molecule has 1 heterocycles. The number of carbonyl (C=O) groups is 4. The Bertz CT molecular complexity index is 1120. The number of urea groups is 1. The molecule has 0 spiro atoms. The molecule has 2 aromatic carbocycles. The number of aliphatic carboxylic acids is 1. The van der Waals surface area contributed by atoms with Gasteiger partial charge in [0.05, 0.1) is 15.7 Å². The number of ether oxygens (including phenoxy) is 1. The van der Waals surface area contributed by atoms with Crippen molar-refractivity contribution in [3.8, 4) is 5.75 Å². The summed E-state index contributed by atoms with van der Waals surface area (Å²) in [6.07, 6.45) is 1.23. The topological polar surface area (TPSA) is 113 Å². The van der Waals surface area contributed by atoms with Gasteiger partial charge in [0.15, 0.2) is 12.4 Å². The highest BCUT2D eigenvalue weighted by Crippen LogP contribution is 2.35. The first kappa shape index (κ1) is 22.3. The van der Waals surface area contributed by atoms with Gasteiger partial charge in [-0.15, -0.1) is 0 Å². The number of rotatable bonds is 5. The van der Waals surface area contributed by atoms with Crippen molar-refractivity contribution in [3.05, 3.63) is 62.6 Å². The highest BCUT2D eigenvalue weighted by molar-refractivity contribution is 6.40. The average molecular weight is 463 g/mol. The molecule has 0 unspecified atom stereocenters. The molecule has 0 aliphatic carbocycles. The Kier molecular flexibility index (Phi) is 6.33. The Morgan fingerprint density at radius 2 is 1.65 bits per heavy atom. The van der Waals surface area contributed by atoms with E-state index in [-0.39, 0.29) is 26.9 Å². The Morgan fingerprint density at radius 3 is 2.19 bits per heavy atom. The van der Waals surface area contributed by atoms with Gasteiger partial charge in [-0.3, -0.25) is 14.9 Å². The summed E-state index contributed by atoms with van der Waals surface area (Å²) in [7, 11) is 0.